The van der Waals surface area contributed by atoms with E-state index >= 15 is 0 Å². The molecule has 4 nitrogen and oxygen atoms in total. The molecule has 1 fully saturated rings. The van der Waals surface area contributed by atoms with Crippen molar-refractivity contribution in [1.29, 1.82) is 0 Å². The van der Waals surface area contributed by atoms with Crippen LogP contribution in [0.25, 0.3) is 0 Å². The second kappa shape index (κ2) is 7.79. The number of carbonyl (C=O) groups is 1. The van der Waals surface area contributed by atoms with Crippen molar-refractivity contribution in [3.05, 3.63) is 58.6 Å². The molecule has 0 radical (unpaired) electrons. The maximum absolute atomic E-state index is 12.4. The first-order chi connectivity index (χ1) is 12.1. The number of nitrogens with zero attached hydrogens (tertiary/aromatic N) is 1. The quantitative estimate of drug-likeness (QED) is 0.808. The maximum atomic E-state index is 12.4. The second-order valence-electron chi connectivity index (χ2n) is 6.30. The van der Waals surface area contributed by atoms with Gasteiger partial charge in [0.2, 0.25) is 0 Å². The van der Waals surface area contributed by atoms with Gasteiger partial charge in [0.05, 0.1) is 7.11 Å². The molecule has 1 atom stereocenters. The zero-order valence-electron chi connectivity index (χ0n) is 14.5. The van der Waals surface area contributed by atoms with Gasteiger partial charge in [-0.1, -0.05) is 23.7 Å². The minimum atomic E-state index is 0.0189. The van der Waals surface area contributed by atoms with Crippen LogP contribution >= 0.6 is 11.6 Å². The highest BCUT2D eigenvalue weighted by Crippen LogP contribution is 2.29. The molecule has 2 aromatic carbocycles. The topological polar surface area (TPSA) is 38.8 Å². The molecule has 1 unspecified atom stereocenters. The van der Waals surface area contributed by atoms with Crippen molar-refractivity contribution < 1.29 is 14.3 Å². The van der Waals surface area contributed by atoms with Gasteiger partial charge in [0, 0.05) is 24.0 Å². The van der Waals surface area contributed by atoms with Crippen LogP contribution in [0.3, 0.4) is 0 Å². The van der Waals surface area contributed by atoms with Crippen LogP contribution in [0.5, 0.6) is 11.5 Å². The average Bonchev–Trinajstić information content (AvgIpc) is 3.11. The van der Waals surface area contributed by atoms with Gasteiger partial charge >= 0.3 is 0 Å². The molecule has 1 aliphatic rings. The van der Waals surface area contributed by atoms with Gasteiger partial charge in [0.15, 0.2) is 6.61 Å². The van der Waals surface area contributed by atoms with Gasteiger partial charge in [-0.25, -0.2) is 0 Å². The molecule has 0 N–H and O–H groups in total. The number of methoxy groups -OCH3 is 1. The summed E-state index contributed by atoms with van der Waals surface area (Å²) in [5.74, 6) is 1.93. The summed E-state index contributed by atoms with van der Waals surface area (Å²) in [6, 6.07) is 13.5. The van der Waals surface area contributed by atoms with Crippen molar-refractivity contribution in [2.75, 3.05) is 26.8 Å². The Morgan fingerprint density at radius 3 is 2.68 bits per heavy atom. The van der Waals surface area contributed by atoms with Crippen LogP contribution in [-0.4, -0.2) is 37.6 Å². The van der Waals surface area contributed by atoms with Gasteiger partial charge in [-0.2, -0.15) is 0 Å². The van der Waals surface area contributed by atoms with Crippen molar-refractivity contribution in [2.24, 2.45) is 0 Å². The predicted molar refractivity (Wildman–Crippen MR) is 98.6 cm³/mol. The smallest absolute Gasteiger partial charge is 0.260 e. The van der Waals surface area contributed by atoms with Gasteiger partial charge in [-0.15, -0.1) is 0 Å². The molecule has 25 heavy (non-hydrogen) atoms. The van der Waals surface area contributed by atoms with E-state index in [1.54, 1.807) is 19.2 Å². The predicted octanol–water partition coefficient (Wildman–Crippen LogP) is 4.05. The fraction of sp³-hybridized carbons (Fsp3) is 0.350. The zero-order chi connectivity index (χ0) is 17.8. The number of ether oxygens (including phenoxy) is 2. The number of halogens is 1. The number of hydrogen-bond donors (Lipinski definition) is 0. The zero-order valence-corrected chi connectivity index (χ0v) is 15.3. The lowest BCUT2D eigenvalue weighted by molar-refractivity contribution is -0.132. The number of hydrogen-bond acceptors (Lipinski definition) is 3. The van der Waals surface area contributed by atoms with Crippen molar-refractivity contribution >= 4 is 17.5 Å². The lowest BCUT2D eigenvalue weighted by Gasteiger charge is -2.18. The SMILES string of the molecule is COc1ccc(C2CCN(C(=O)COc3ccc(Cl)cc3C)C2)cc1. The van der Waals surface area contributed by atoms with Gasteiger partial charge in [0.25, 0.3) is 5.91 Å². The standard InChI is InChI=1S/C20H22ClNO3/c1-14-11-17(21)5-8-19(14)25-13-20(23)22-10-9-16(12-22)15-3-6-18(24-2)7-4-15/h3-8,11,16H,9-10,12-13H2,1-2H3. The first kappa shape index (κ1) is 17.6. The van der Waals surface area contributed by atoms with Crippen molar-refractivity contribution in [1.82, 2.24) is 4.90 Å². The molecule has 2 aromatic rings. The normalized spacial score (nSPS) is 16.8. The number of carbonyl (C=O) groups excluding carboxylic acids is 1. The first-order valence-electron chi connectivity index (χ1n) is 8.37. The Kier molecular flexibility index (Phi) is 5.49. The largest absolute Gasteiger partial charge is 0.497 e. The third-order valence-corrected chi connectivity index (χ3v) is 4.85. The molecule has 5 heteroatoms. The molecule has 1 amide bonds. The van der Waals surface area contributed by atoms with E-state index in [0.29, 0.717) is 16.7 Å². The molecule has 0 spiro atoms. The van der Waals surface area contributed by atoms with E-state index in [1.165, 1.54) is 5.56 Å². The van der Waals surface area contributed by atoms with Crippen LogP contribution in [0.2, 0.25) is 5.02 Å². The molecule has 0 saturated carbocycles. The van der Waals surface area contributed by atoms with Crippen LogP contribution < -0.4 is 9.47 Å². The lowest BCUT2D eigenvalue weighted by Crippen LogP contribution is -2.32. The number of likely N-dealkylation sites (tertiary alicyclic amines) is 1. The highest BCUT2D eigenvalue weighted by Gasteiger charge is 2.27. The average molecular weight is 360 g/mol. The van der Waals surface area contributed by atoms with E-state index in [2.05, 4.69) is 12.1 Å². The van der Waals surface area contributed by atoms with Crippen molar-refractivity contribution in [3.63, 3.8) is 0 Å². The van der Waals surface area contributed by atoms with Crippen LogP contribution in [0.15, 0.2) is 42.5 Å². The lowest BCUT2D eigenvalue weighted by atomic mass is 9.98. The fourth-order valence-corrected chi connectivity index (χ4v) is 3.37. The van der Waals surface area contributed by atoms with Gasteiger partial charge in [-0.3, -0.25) is 4.79 Å². The molecular weight excluding hydrogens is 338 g/mol. The number of aryl methyl sites for hydroxylation is 1. The minimum absolute atomic E-state index is 0.0189. The third kappa shape index (κ3) is 4.26. The Labute approximate surface area is 153 Å². The van der Waals surface area contributed by atoms with E-state index < -0.39 is 0 Å². The molecule has 132 valence electrons. The molecule has 1 aliphatic heterocycles. The molecule has 1 heterocycles. The Morgan fingerprint density at radius 2 is 2.00 bits per heavy atom. The number of benzene rings is 2. The summed E-state index contributed by atoms with van der Waals surface area (Å²) in [5.41, 5.74) is 2.17. The third-order valence-electron chi connectivity index (χ3n) is 4.62. The Balaban J connectivity index is 1.55. The van der Waals surface area contributed by atoms with Gasteiger partial charge in [-0.05, 0) is 54.8 Å². The summed E-state index contributed by atoms with van der Waals surface area (Å²) in [6.45, 7) is 3.46. The van der Waals surface area contributed by atoms with Crippen LogP contribution in [0.1, 0.15) is 23.5 Å². The molecule has 0 bridgehead atoms. The van der Waals surface area contributed by atoms with Crippen LogP contribution in [-0.2, 0) is 4.79 Å². The summed E-state index contributed by atoms with van der Waals surface area (Å²) in [5, 5.41) is 0.665. The van der Waals surface area contributed by atoms with Crippen LogP contribution in [0.4, 0.5) is 0 Å². The first-order valence-corrected chi connectivity index (χ1v) is 8.75. The number of amides is 1. The molecule has 0 aromatic heterocycles. The highest BCUT2D eigenvalue weighted by molar-refractivity contribution is 6.30. The summed E-state index contributed by atoms with van der Waals surface area (Å²) in [6.07, 6.45) is 0.970. The van der Waals surface area contributed by atoms with E-state index in [0.717, 1.165) is 30.8 Å². The Bertz CT molecular complexity index is 745. The minimum Gasteiger partial charge on any atom is -0.497 e. The highest BCUT2D eigenvalue weighted by atomic mass is 35.5. The molecule has 1 saturated heterocycles. The fourth-order valence-electron chi connectivity index (χ4n) is 3.14. The van der Waals surface area contributed by atoms with Crippen molar-refractivity contribution in [3.8, 4) is 11.5 Å². The Morgan fingerprint density at radius 1 is 1.24 bits per heavy atom. The van der Waals surface area contributed by atoms with E-state index in [-0.39, 0.29) is 12.5 Å². The summed E-state index contributed by atoms with van der Waals surface area (Å²) >= 11 is 5.94. The maximum Gasteiger partial charge on any atom is 0.260 e. The van der Waals surface area contributed by atoms with Gasteiger partial charge < -0.3 is 14.4 Å². The molecular formula is C20H22ClNO3. The summed E-state index contributed by atoms with van der Waals surface area (Å²) in [4.78, 5) is 14.3. The molecule has 0 aliphatic carbocycles. The summed E-state index contributed by atoms with van der Waals surface area (Å²) < 4.78 is 10.9. The number of rotatable bonds is 5. The summed E-state index contributed by atoms with van der Waals surface area (Å²) in [7, 11) is 1.66. The van der Waals surface area contributed by atoms with E-state index in [9.17, 15) is 4.79 Å². The Hall–Kier alpha value is -2.20. The van der Waals surface area contributed by atoms with E-state index in [4.69, 9.17) is 21.1 Å². The molecule has 3 rings (SSSR count). The van der Waals surface area contributed by atoms with Gasteiger partial charge in [0.1, 0.15) is 11.5 Å². The van der Waals surface area contributed by atoms with Crippen LogP contribution in [0, 0.1) is 6.92 Å². The second-order valence-corrected chi connectivity index (χ2v) is 6.73. The van der Waals surface area contributed by atoms with E-state index in [1.807, 2.05) is 30.0 Å². The monoisotopic (exact) mass is 359 g/mol. The van der Waals surface area contributed by atoms with Crippen molar-refractivity contribution in [2.45, 2.75) is 19.3 Å².